The summed E-state index contributed by atoms with van der Waals surface area (Å²) in [6, 6.07) is 0. The van der Waals surface area contributed by atoms with Gasteiger partial charge in [-0.3, -0.25) is 18.7 Å². The minimum Gasteiger partial charge on any atom is -0.481 e. The van der Waals surface area contributed by atoms with Gasteiger partial charge >= 0.3 is 11.9 Å². The first-order valence-electron chi connectivity index (χ1n) is 9.19. The molecule has 0 heterocycles. The van der Waals surface area contributed by atoms with E-state index in [0.717, 1.165) is 51.4 Å². The Morgan fingerprint density at radius 3 is 1.32 bits per heavy atom. The van der Waals surface area contributed by atoms with Crippen molar-refractivity contribution in [1.82, 2.24) is 10.6 Å². The van der Waals surface area contributed by atoms with Crippen molar-refractivity contribution in [2.45, 2.75) is 38.5 Å². The van der Waals surface area contributed by atoms with Gasteiger partial charge in [-0.2, -0.15) is 0 Å². The second kappa shape index (κ2) is 15.1. The predicted octanol–water partition coefficient (Wildman–Crippen LogP) is 1.54. The van der Waals surface area contributed by atoms with Crippen molar-refractivity contribution in [3.63, 3.8) is 0 Å². The first-order valence-corrected chi connectivity index (χ1v) is 13.3. The van der Waals surface area contributed by atoms with Crippen molar-refractivity contribution in [1.29, 1.82) is 0 Å². The summed E-state index contributed by atoms with van der Waals surface area (Å²) in [6.07, 6.45) is 6.39. The molecule has 0 aromatic rings. The Balaban J connectivity index is 3.46. The van der Waals surface area contributed by atoms with Crippen molar-refractivity contribution < 1.29 is 38.7 Å². The standard InChI is InChI=1S/C16H32N2O8P2/c19-15(20)7-11-27(23,24)13-17-9-5-3-1-2-4-6-10-18-14-28(25,26)12-8-16(21)22/h7-8,17-18H,1-6,9-14H2,(H,19,20)(H,21,22)(H,23,24)(H,25,26). The van der Waals surface area contributed by atoms with Crippen LogP contribution < -0.4 is 10.6 Å². The molecule has 10 nitrogen and oxygen atoms in total. The van der Waals surface area contributed by atoms with Gasteiger partial charge in [-0.1, -0.05) is 25.7 Å². The molecular formula is C16H32N2O8P2. The summed E-state index contributed by atoms with van der Waals surface area (Å²) in [4.78, 5) is 39.8. The van der Waals surface area contributed by atoms with Crippen LogP contribution in [0.3, 0.4) is 0 Å². The highest BCUT2D eigenvalue weighted by Gasteiger charge is 2.19. The normalized spacial score (nSPS) is 15.6. The van der Waals surface area contributed by atoms with E-state index < -0.39 is 26.7 Å². The maximum absolute atomic E-state index is 11.6. The zero-order chi connectivity index (χ0) is 21.5. The molecule has 2 unspecified atom stereocenters. The molecule has 0 aliphatic carbocycles. The van der Waals surface area contributed by atoms with Gasteiger partial charge in [0.1, 0.15) is 0 Å². The van der Waals surface area contributed by atoms with Crippen LogP contribution in [0.4, 0.5) is 0 Å². The van der Waals surface area contributed by atoms with Crippen LogP contribution >= 0.6 is 14.7 Å². The number of rotatable bonds is 19. The summed E-state index contributed by atoms with van der Waals surface area (Å²) in [6.45, 7) is 1.19. The number of nitrogens with one attached hydrogen (secondary N) is 2. The second-order valence-corrected chi connectivity index (χ2v) is 11.3. The van der Waals surface area contributed by atoms with Gasteiger partial charge in [-0.15, -0.1) is 0 Å². The van der Waals surface area contributed by atoms with Crippen LogP contribution in [0.2, 0.25) is 0 Å². The second-order valence-electron chi connectivity index (χ2n) is 6.58. The SMILES string of the molecule is O=C(O)[CH]CP(=O)(O)CNCCCCCCCCNCP(=O)(O)C[CH]C(=O)O. The number of aliphatic carboxylic acids is 2. The van der Waals surface area contributed by atoms with Gasteiger partial charge in [-0.05, 0) is 25.9 Å². The summed E-state index contributed by atoms with van der Waals surface area (Å²) in [5.41, 5.74) is 0. The van der Waals surface area contributed by atoms with Crippen LogP contribution in [-0.4, -0.2) is 69.9 Å². The molecule has 0 bridgehead atoms. The van der Waals surface area contributed by atoms with E-state index in [1.807, 2.05) is 0 Å². The Kier molecular flexibility index (Phi) is 14.7. The number of unbranched alkanes of at least 4 members (excludes halogenated alkanes) is 5. The third kappa shape index (κ3) is 18.6. The molecule has 0 aliphatic rings. The monoisotopic (exact) mass is 442 g/mol. The number of hydrogen-bond donors (Lipinski definition) is 6. The Labute approximate surface area is 166 Å². The summed E-state index contributed by atoms with van der Waals surface area (Å²) in [5.74, 6) is -2.40. The van der Waals surface area contributed by atoms with Gasteiger partial charge in [0, 0.05) is 12.3 Å². The molecule has 0 aromatic carbocycles. The van der Waals surface area contributed by atoms with Gasteiger partial charge < -0.3 is 30.6 Å². The minimum absolute atomic E-state index is 0.0958. The molecule has 0 aliphatic heterocycles. The van der Waals surface area contributed by atoms with E-state index in [4.69, 9.17) is 10.2 Å². The molecular weight excluding hydrogens is 410 g/mol. The lowest BCUT2D eigenvalue weighted by atomic mass is 10.1. The lowest BCUT2D eigenvalue weighted by Crippen LogP contribution is -2.19. The Morgan fingerprint density at radius 1 is 0.679 bits per heavy atom. The third-order valence-corrected chi connectivity index (χ3v) is 6.72. The molecule has 28 heavy (non-hydrogen) atoms. The molecule has 2 atom stereocenters. The lowest BCUT2D eigenvalue weighted by Gasteiger charge is -2.11. The predicted molar refractivity (Wildman–Crippen MR) is 107 cm³/mol. The van der Waals surface area contributed by atoms with Crippen molar-refractivity contribution in [2.24, 2.45) is 0 Å². The van der Waals surface area contributed by atoms with Crippen LogP contribution in [-0.2, 0) is 18.7 Å². The first-order chi connectivity index (χ1) is 13.0. The third-order valence-electron chi connectivity index (χ3n) is 3.78. The average molecular weight is 442 g/mol. The summed E-state index contributed by atoms with van der Waals surface area (Å²) >= 11 is 0. The van der Waals surface area contributed by atoms with E-state index in [1.54, 1.807) is 0 Å². The van der Waals surface area contributed by atoms with Crippen LogP contribution in [0.25, 0.3) is 0 Å². The zero-order valence-electron chi connectivity index (χ0n) is 16.0. The van der Waals surface area contributed by atoms with Crippen molar-refractivity contribution in [3.8, 4) is 0 Å². The molecule has 12 heteroatoms. The van der Waals surface area contributed by atoms with Crippen molar-refractivity contribution in [3.05, 3.63) is 12.8 Å². The van der Waals surface area contributed by atoms with E-state index >= 15 is 0 Å². The molecule has 164 valence electrons. The fraction of sp³-hybridized carbons (Fsp3) is 0.750. The molecule has 0 saturated carbocycles. The smallest absolute Gasteiger partial charge is 0.307 e. The molecule has 6 N–H and O–H groups in total. The Morgan fingerprint density at radius 2 is 1.00 bits per heavy atom. The molecule has 2 radical (unpaired) electrons. The highest BCUT2D eigenvalue weighted by molar-refractivity contribution is 7.58. The molecule has 0 spiro atoms. The number of hydrogen-bond acceptors (Lipinski definition) is 6. The lowest BCUT2D eigenvalue weighted by molar-refractivity contribution is -0.133. The number of carbonyl (C=O) groups is 2. The highest BCUT2D eigenvalue weighted by Crippen LogP contribution is 2.39. The molecule has 0 aromatic heterocycles. The Hall–Kier alpha value is -0.760. The minimum atomic E-state index is -3.47. The fourth-order valence-corrected chi connectivity index (χ4v) is 4.44. The molecule has 0 amide bonds. The molecule has 0 fully saturated rings. The fourth-order valence-electron chi connectivity index (χ4n) is 2.29. The van der Waals surface area contributed by atoms with Crippen LogP contribution in [0.15, 0.2) is 0 Å². The van der Waals surface area contributed by atoms with Gasteiger partial charge in [0.05, 0.1) is 25.4 Å². The molecule has 0 saturated heterocycles. The van der Waals surface area contributed by atoms with Gasteiger partial charge in [0.25, 0.3) is 0 Å². The Bertz CT molecular complexity index is 511. The van der Waals surface area contributed by atoms with Crippen LogP contribution in [0.5, 0.6) is 0 Å². The van der Waals surface area contributed by atoms with Crippen molar-refractivity contribution >= 4 is 26.7 Å². The van der Waals surface area contributed by atoms with Crippen molar-refractivity contribution in [2.75, 3.05) is 38.0 Å². The summed E-state index contributed by atoms with van der Waals surface area (Å²) in [7, 11) is -6.94. The topological polar surface area (TPSA) is 173 Å². The van der Waals surface area contributed by atoms with E-state index in [9.17, 15) is 28.5 Å². The van der Waals surface area contributed by atoms with Crippen LogP contribution in [0.1, 0.15) is 38.5 Å². The zero-order valence-corrected chi connectivity index (χ0v) is 17.7. The molecule has 0 rings (SSSR count). The maximum Gasteiger partial charge on any atom is 0.307 e. The van der Waals surface area contributed by atoms with E-state index in [-0.39, 0.29) is 24.9 Å². The highest BCUT2D eigenvalue weighted by atomic mass is 31.2. The maximum atomic E-state index is 11.6. The average Bonchev–Trinajstić information content (AvgIpc) is 2.59. The van der Waals surface area contributed by atoms with E-state index in [2.05, 4.69) is 10.6 Å². The van der Waals surface area contributed by atoms with Gasteiger partial charge in [0.2, 0.25) is 14.7 Å². The quantitative estimate of drug-likeness (QED) is 0.127. The first kappa shape index (κ1) is 27.2. The van der Waals surface area contributed by atoms with Gasteiger partial charge in [-0.25, -0.2) is 0 Å². The van der Waals surface area contributed by atoms with E-state index in [0.29, 0.717) is 13.1 Å². The summed E-state index contributed by atoms with van der Waals surface area (Å²) in [5, 5.41) is 22.7. The van der Waals surface area contributed by atoms with E-state index in [1.165, 1.54) is 0 Å². The number of carboxylic acids is 2. The van der Waals surface area contributed by atoms with Gasteiger partial charge in [0.15, 0.2) is 0 Å². The largest absolute Gasteiger partial charge is 0.481 e. The van der Waals surface area contributed by atoms with Crippen LogP contribution in [0, 0.1) is 12.8 Å². The number of carboxylic acid groups (broad SMARTS) is 2. The summed E-state index contributed by atoms with van der Waals surface area (Å²) < 4.78 is 23.3.